The molecule has 0 bridgehead atoms. The van der Waals surface area contributed by atoms with E-state index in [2.05, 4.69) is 19.1 Å². The maximum atomic E-state index is 11.6. The Morgan fingerprint density at radius 2 is 1.36 bits per heavy atom. The molecule has 0 fully saturated rings. The summed E-state index contributed by atoms with van der Waals surface area (Å²) in [6.45, 7) is 2.10. The van der Waals surface area contributed by atoms with Gasteiger partial charge in [-0.25, -0.2) is 0 Å². The molecule has 3 nitrogen and oxygen atoms in total. The van der Waals surface area contributed by atoms with Crippen molar-refractivity contribution in [1.29, 1.82) is 0 Å². The van der Waals surface area contributed by atoms with Gasteiger partial charge in [0.15, 0.2) is 5.78 Å². The number of carboxylic acids is 1. The zero-order chi connectivity index (χ0) is 18.6. The van der Waals surface area contributed by atoms with Gasteiger partial charge in [0.05, 0.1) is 0 Å². The van der Waals surface area contributed by atoms with Gasteiger partial charge in [-0.1, -0.05) is 73.8 Å². The van der Waals surface area contributed by atoms with Crippen LogP contribution >= 0.6 is 0 Å². The van der Waals surface area contributed by atoms with E-state index in [0.29, 0.717) is 12.8 Å². The third kappa shape index (κ3) is 19.5. The number of hydrogen-bond acceptors (Lipinski definition) is 3. The average Bonchev–Trinajstić information content (AvgIpc) is 2.58. The lowest BCUT2D eigenvalue weighted by Crippen LogP contribution is -2.21. The van der Waals surface area contributed by atoms with Crippen LogP contribution in [0.1, 0.15) is 51.9 Å². The van der Waals surface area contributed by atoms with Gasteiger partial charge in [-0.15, -0.1) is 0 Å². The van der Waals surface area contributed by atoms with E-state index in [1.807, 2.05) is 48.6 Å². The lowest BCUT2D eigenvalue weighted by Gasteiger charge is -1.95. The Bertz CT molecular complexity index is 531. The van der Waals surface area contributed by atoms with Crippen LogP contribution < -0.4 is 5.11 Å². The quantitative estimate of drug-likeness (QED) is 0.267. The number of carbonyl (C=O) groups excluding carboxylic acids is 2. The molecule has 0 amide bonds. The Labute approximate surface area is 151 Å². The van der Waals surface area contributed by atoms with Crippen LogP contribution in [0, 0.1) is 0 Å². The Balaban J connectivity index is 3.73. The summed E-state index contributed by atoms with van der Waals surface area (Å²) in [5.41, 5.74) is 0. The van der Waals surface area contributed by atoms with Gasteiger partial charge in [-0.05, 0) is 44.6 Å². The van der Waals surface area contributed by atoms with Crippen LogP contribution in [0.3, 0.4) is 0 Å². The minimum absolute atomic E-state index is 0.0692. The van der Waals surface area contributed by atoms with Crippen molar-refractivity contribution in [1.82, 2.24) is 0 Å². The van der Waals surface area contributed by atoms with E-state index in [1.54, 1.807) is 12.2 Å². The smallest absolute Gasteiger partial charge is 0.159 e. The van der Waals surface area contributed by atoms with Crippen LogP contribution in [0.15, 0.2) is 72.9 Å². The highest BCUT2D eigenvalue weighted by atomic mass is 16.4. The monoisotopic (exact) mass is 341 g/mol. The van der Waals surface area contributed by atoms with E-state index in [1.165, 1.54) is 0 Å². The molecule has 3 heteroatoms. The lowest BCUT2D eigenvalue weighted by atomic mass is 10.2. The predicted molar refractivity (Wildman–Crippen MR) is 103 cm³/mol. The molecular formula is C22H29O3-. The number of carboxylic acid groups (broad SMARTS) is 1. The van der Waals surface area contributed by atoms with Gasteiger partial charge >= 0.3 is 0 Å². The Kier molecular flexibility index (Phi) is 16.2. The van der Waals surface area contributed by atoms with Crippen molar-refractivity contribution in [2.45, 2.75) is 51.9 Å². The second-order valence-electron chi connectivity index (χ2n) is 5.37. The Morgan fingerprint density at radius 3 is 2.04 bits per heavy atom. The molecule has 0 aliphatic heterocycles. The van der Waals surface area contributed by atoms with Gasteiger partial charge < -0.3 is 9.90 Å². The lowest BCUT2D eigenvalue weighted by molar-refractivity contribution is -0.305. The number of allylic oxidation sites excluding steroid dienone is 12. The summed E-state index contributed by atoms with van der Waals surface area (Å²) in [4.78, 5) is 21.8. The van der Waals surface area contributed by atoms with E-state index >= 15 is 0 Å². The van der Waals surface area contributed by atoms with Crippen LogP contribution in [-0.4, -0.2) is 11.8 Å². The first-order chi connectivity index (χ1) is 12.2. The minimum atomic E-state index is -1.02. The first kappa shape index (κ1) is 22.6. The molecular weight excluding hydrogens is 312 g/mol. The Hall–Kier alpha value is -2.42. The molecule has 0 N–H and O–H groups in total. The van der Waals surface area contributed by atoms with Crippen molar-refractivity contribution < 1.29 is 14.7 Å². The summed E-state index contributed by atoms with van der Waals surface area (Å²) < 4.78 is 0. The van der Waals surface area contributed by atoms with Crippen molar-refractivity contribution in [2.75, 3.05) is 0 Å². The van der Waals surface area contributed by atoms with Gasteiger partial charge in [-0.2, -0.15) is 0 Å². The highest BCUT2D eigenvalue weighted by molar-refractivity contribution is 5.90. The number of hydrogen-bond donors (Lipinski definition) is 0. The van der Waals surface area contributed by atoms with Crippen LogP contribution in [0.25, 0.3) is 0 Å². The molecule has 0 heterocycles. The second kappa shape index (κ2) is 17.9. The molecule has 0 saturated carbocycles. The molecule has 0 aliphatic carbocycles. The van der Waals surface area contributed by atoms with Crippen LogP contribution in [0.2, 0.25) is 0 Å². The third-order valence-corrected chi connectivity index (χ3v) is 3.08. The molecule has 0 aromatic rings. The summed E-state index contributed by atoms with van der Waals surface area (Å²) in [5.74, 6) is -0.922. The average molecular weight is 341 g/mol. The van der Waals surface area contributed by atoms with Gasteiger partial charge in [-0.3, -0.25) is 4.79 Å². The van der Waals surface area contributed by atoms with Gasteiger partial charge in [0.2, 0.25) is 0 Å². The molecule has 0 radical (unpaired) electrons. The molecule has 0 rings (SSSR count). The first-order valence-corrected chi connectivity index (χ1v) is 8.82. The Morgan fingerprint density at radius 1 is 0.760 bits per heavy atom. The van der Waals surface area contributed by atoms with Crippen LogP contribution in [0.5, 0.6) is 0 Å². The summed E-state index contributed by atoms with van der Waals surface area (Å²) in [6.07, 6.45) is 27.7. The maximum absolute atomic E-state index is 11.6. The zero-order valence-corrected chi connectivity index (χ0v) is 15.1. The van der Waals surface area contributed by atoms with E-state index in [9.17, 15) is 14.7 Å². The highest BCUT2D eigenvalue weighted by Gasteiger charge is 1.89. The molecule has 0 aromatic heterocycles. The number of aliphatic carboxylic acids is 1. The van der Waals surface area contributed by atoms with E-state index in [0.717, 1.165) is 25.7 Å². The maximum Gasteiger partial charge on any atom is 0.159 e. The van der Waals surface area contributed by atoms with E-state index < -0.39 is 5.97 Å². The summed E-state index contributed by atoms with van der Waals surface area (Å²) in [6, 6.07) is 0. The van der Waals surface area contributed by atoms with Crippen molar-refractivity contribution in [3.63, 3.8) is 0 Å². The number of ketones is 1. The van der Waals surface area contributed by atoms with Gasteiger partial charge in [0.25, 0.3) is 0 Å². The van der Waals surface area contributed by atoms with Crippen molar-refractivity contribution in [3.05, 3.63) is 72.9 Å². The fraction of sp³-hybridized carbons (Fsp3) is 0.364. The topological polar surface area (TPSA) is 57.2 Å². The van der Waals surface area contributed by atoms with Crippen molar-refractivity contribution >= 4 is 11.8 Å². The molecule has 0 saturated heterocycles. The summed E-state index contributed by atoms with van der Waals surface area (Å²) >= 11 is 0. The largest absolute Gasteiger partial charge is 0.550 e. The second-order valence-corrected chi connectivity index (χ2v) is 5.37. The van der Waals surface area contributed by atoms with Crippen molar-refractivity contribution in [2.24, 2.45) is 0 Å². The minimum Gasteiger partial charge on any atom is -0.550 e. The predicted octanol–water partition coefficient (Wildman–Crippen LogP) is 4.39. The number of rotatable bonds is 14. The molecule has 0 aromatic carbocycles. The van der Waals surface area contributed by atoms with E-state index in [4.69, 9.17) is 0 Å². The van der Waals surface area contributed by atoms with Crippen molar-refractivity contribution in [3.8, 4) is 0 Å². The third-order valence-electron chi connectivity index (χ3n) is 3.08. The molecule has 0 unspecified atom stereocenters. The fourth-order valence-corrected chi connectivity index (χ4v) is 1.79. The first-order valence-electron chi connectivity index (χ1n) is 8.82. The fourth-order valence-electron chi connectivity index (χ4n) is 1.79. The normalized spacial score (nSPS) is 12.8. The van der Waals surface area contributed by atoms with Crippen LogP contribution in [-0.2, 0) is 9.59 Å². The van der Waals surface area contributed by atoms with E-state index in [-0.39, 0.29) is 12.2 Å². The SMILES string of the molecule is CC/C=C\C/C=C\CC(=O)/C=C/C=C\C/C=C\C/C=C\CCC(=O)[O-]. The number of carbonyl (C=O) groups is 2. The summed E-state index contributed by atoms with van der Waals surface area (Å²) in [7, 11) is 0. The molecule has 136 valence electrons. The van der Waals surface area contributed by atoms with Crippen LogP contribution in [0.4, 0.5) is 0 Å². The molecule has 25 heavy (non-hydrogen) atoms. The molecule has 0 atom stereocenters. The molecule has 0 aliphatic rings. The highest BCUT2D eigenvalue weighted by Crippen LogP contribution is 1.96. The zero-order valence-electron chi connectivity index (χ0n) is 15.1. The van der Waals surface area contributed by atoms with Gasteiger partial charge in [0, 0.05) is 12.4 Å². The summed E-state index contributed by atoms with van der Waals surface area (Å²) in [5, 5.41) is 10.2. The van der Waals surface area contributed by atoms with Gasteiger partial charge in [0.1, 0.15) is 0 Å². The molecule has 0 spiro atoms. The standard InChI is InChI=1S/C22H30O3/c1-2-3-4-5-12-15-18-21(23)19-16-13-10-8-6-7-9-11-14-17-20-22(24)25/h3-4,6-7,10-16,19H,2,5,8-9,17-18,20H2,1H3,(H,24,25)/p-1/b4-3-,7-6-,13-10-,14-11-,15-12-,19-16+.